The number of thiocarbonyl (C=S) groups is 1. The van der Waals surface area contributed by atoms with E-state index in [9.17, 15) is 4.79 Å². The molecule has 2 aliphatic carbocycles. The fourth-order valence-corrected chi connectivity index (χ4v) is 4.97. The number of amides is 1. The van der Waals surface area contributed by atoms with Gasteiger partial charge in [-0.1, -0.05) is 76.4 Å². The van der Waals surface area contributed by atoms with E-state index in [0.29, 0.717) is 17.3 Å². The average Bonchev–Trinajstić information content (AvgIpc) is 3.28. The fourth-order valence-electron chi connectivity index (χ4n) is 3.67. The second-order valence-electron chi connectivity index (χ2n) is 8.46. The summed E-state index contributed by atoms with van der Waals surface area (Å²) in [5.74, 6) is 0.0858. The summed E-state index contributed by atoms with van der Waals surface area (Å²) in [5.41, 5.74) is 10.4. The van der Waals surface area contributed by atoms with Crippen LogP contribution in [0.4, 0.5) is 0 Å². The Morgan fingerprint density at radius 1 is 0.939 bits per heavy atom. The fraction of sp³-hybridized carbons (Fsp3) is 0.792. The van der Waals surface area contributed by atoms with Gasteiger partial charge >= 0.3 is 0 Å². The van der Waals surface area contributed by atoms with E-state index in [0.717, 1.165) is 57.8 Å². The number of rotatable bonds is 1. The summed E-state index contributed by atoms with van der Waals surface area (Å²) in [5, 5.41) is 25.5. The highest BCUT2D eigenvalue weighted by Crippen LogP contribution is 2.25. The van der Waals surface area contributed by atoms with Crippen molar-refractivity contribution in [1.82, 2.24) is 4.90 Å². The van der Waals surface area contributed by atoms with Crippen LogP contribution in [0.1, 0.15) is 97.8 Å². The lowest BCUT2D eigenvalue weighted by Gasteiger charge is -2.25. The molecular formula is C24H40N6OS2. The summed E-state index contributed by atoms with van der Waals surface area (Å²) in [7, 11) is 0. The summed E-state index contributed by atoms with van der Waals surface area (Å²) >= 11 is 6.33. The van der Waals surface area contributed by atoms with Gasteiger partial charge in [0.15, 0.2) is 0 Å². The van der Waals surface area contributed by atoms with E-state index in [1.54, 1.807) is 11.8 Å². The lowest BCUT2D eigenvalue weighted by atomic mass is 9.84. The average molecular weight is 493 g/mol. The van der Waals surface area contributed by atoms with Gasteiger partial charge in [0.1, 0.15) is 15.4 Å². The zero-order chi connectivity index (χ0) is 25.3. The van der Waals surface area contributed by atoms with Gasteiger partial charge in [-0.2, -0.15) is 15.8 Å². The van der Waals surface area contributed by atoms with Gasteiger partial charge < -0.3 is 11.5 Å². The smallest absolute Gasteiger partial charge is 0.228 e. The molecule has 0 aromatic carbocycles. The standard InChI is InChI=1S/C8H10N2OS2.2C7H12N2.C2H6/c1-6(5-9)13-8(12)10-4-2-3-7(10)11;2*8-6-7(9)4-2-1-3-5-7;1-2/h6H,2-4H2,1H3;2*1-5,9H2;1-2H3. The van der Waals surface area contributed by atoms with Crippen molar-refractivity contribution in [2.75, 3.05) is 6.54 Å². The molecule has 3 aliphatic rings. The van der Waals surface area contributed by atoms with Gasteiger partial charge in [-0.15, -0.1) is 0 Å². The molecule has 4 N–H and O–H groups in total. The number of carbonyl (C=O) groups is 1. The van der Waals surface area contributed by atoms with Crippen molar-refractivity contribution in [3.05, 3.63) is 0 Å². The van der Waals surface area contributed by atoms with Crippen molar-refractivity contribution in [2.24, 2.45) is 11.5 Å². The Kier molecular flexibility index (Phi) is 16.0. The molecule has 7 nitrogen and oxygen atoms in total. The van der Waals surface area contributed by atoms with Crippen LogP contribution in [0.2, 0.25) is 0 Å². The summed E-state index contributed by atoms with van der Waals surface area (Å²) in [6.45, 7) is 6.49. The monoisotopic (exact) mass is 492 g/mol. The first kappa shape index (κ1) is 31.3. The molecular weight excluding hydrogens is 452 g/mol. The molecule has 1 heterocycles. The van der Waals surface area contributed by atoms with Crippen LogP contribution >= 0.6 is 24.0 Å². The molecule has 1 unspecified atom stereocenters. The molecule has 0 bridgehead atoms. The second kappa shape index (κ2) is 16.8. The highest BCUT2D eigenvalue weighted by atomic mass is 32.2. The van der Waals surface area contributed by atoms with Crippen LogP contribution in [0, 0.1) is 34.0 Å². The molecule has 1 amide bonds. The minimum absolute atomic E-state index is 0.0858. The first-order valence-corrected chi connectivity index (χ1v) is 13.3. The van der Waals surface area contributed by atoms with Crippen molar-refractivity contribution in [3.63, 3.8) is 0 Å². The molecule has 1 saturated heterocycles. The molecule has 3 rings (SSSR count). The van der Waals surface area contributed by atoms with E-state index < -0.39 is 11.1 Å². The van der Waals surface area contributed by atoms with E-state index in [1.807, 2.05) is 13.8 Å². The number of nitrogens with two attached hydrogens (primary N) is 2. The molecule has 33 heavy (non-hydrogen) atoms. The summed E-state index contributed by atoms with van der Waals surface area (Å²) < 4.78 is 0.538. The predicted octanol–water partition coefficient (Wildman–Crippen LogP) is 4.91. The van der Waals surface area contributed by atoms with Crippen molar-refractivity contribution in [3.8, 4) is 18.2 Å². The number of carbonyl (C=O) groups excluding carboxylic acids is 1. The van der Waals surface area contributed by atoms with E-state index in [4.69, 9.17) is 39.5 Å². The van der Waals surface area contributed by atoms with Gasteiger partial charge in [-0.05, 0) is 39.0 Å². The molecule has 9 heteroatoms. The topological polar surface area (TPSA) is 144 Å². The van der Waals surface area contributed by atoms with Crippen molar-refractivity contribution >= 4 is 34.2 Å². The highest BCUT2D eigenvalue weighted by Gasteiger charge is 2.27. The first-order valence-electron chi connectivity index (χ1n) is 12.0. The third-order valence-electron chi connectivity index (χ3n) is 5.69. The van der Waals surface area contributed by atoms with E-state index >= 15 is 0 Å². The van der Waals surface area contributed by atoms with Gasteiger partial charge in [-0.25, -0.2) is 0 Å². The summed E-state index contributed by atoms with van der Waals surface area (Å²) in [6.07, 6.45) is 12.0. The summed E-state index contributed by atoms with van der Waals surface area (Å²) in [4.78, 5) is 12.8. The SMILES string of the molecule is CC.CC(C#N)SC(=S)N1CCCC1=O.N#CC1(N)CCCCC1.N#CC1(N)CCCCC1. The highest BCUT2D eigenvalue weighted by molar-refractivity contribution is 8.23. The molecule has 0 spiro atoms. The van der Waals surface area contributed by atoms with Crippen LogP contribution in [-0.2, 0) is 4.79 Å². The molecule has 1 atom stereocenters. The lowest BCUT2D eigenvalue weighted by molar-refractivity contribution is -0.124. The minimum atomic E-state index is -0.474. The molecule has 3 fully saturated rings. The van der Waals surface area contributed by atoms with Crippen LogP contribution in [0.5, 0.6) is 0 Å². The first-order chi connectivity index (χ1) is 15.7. The number of hydrogen-bond donors (Lipinski definition) is 2. The van der Waals surface area contributed by atoms with E-state index in [1.165, 1.54) is 24.6 Å². The quantitative estimate of drug-likeness (QED) is 0.491. The lowest BCUT2D eigenvalue weighted by Crippen LogP contribution is -2.39. The van der Waals surface area contributed by atoms with Crippen molar-refractivity contribution in [2.45, 2.75) is 114 Å². The third kappa shape index (κ3) is 12.4. The number of likely N-dealkylation sites (tertiary alicyclic amines) is 1. The number of thioether (sulfide) groups is 1. The van der Waals surface area contributed by atoms with Crippen LogP contribution in [0.3, 0.4) is 0 Å². The van der Waals surface area contributed by atoms with Gasteiger partial charge in [0, 0.05) is 13.0 Å². The second-order valence-corrected chi connectivity index (χ2v) is 10.4. The zero-order valence-corrected chi connectivity index (χ0v) is 22.1. The van der Waals surface area contributed by atoms with Crippen LogP contribution < -0.4 is 11.5 Å². The Balaban J connectivity index is 0.000000458. The Morgan fingerprint density at radius 3 is 1.64 bits per heavy atom. The maximum absolute atomic E-state index is 11.2. The Bertz CT molecular complexity index is 691. The Hall–Kier alpha value is -1.70. The number of nitrogens with zero attached hydrogens (tertiary/aromatic N) is 4. The third-order valence-corrected chi connectivity index (χ3v) is 7.08. The van der Waals surface area contributed by atoms with Crippen molar-refractivity contribution < 1.29 is 4.79 Å². The maximum atomic E-state index is 11.2. The largest absolute Gasteiger partial charge is 0.313 e. The van der Waals surface area contributed by atoms with Gasteiger partial charge in [0.2, 0.25) is 5.91 Å². The molecule has 184 valence electrons. The van der Waals surface area contributed by atoms with E-state index in [-0.39, 0.29) is 11.2 Å². The van der Waals surface area contributed by atoms with Gasteiger partial charge in [0.25, 0.3) is 0 Å². The maximum Gasteiger partial charge on any atom is 0.228 e. The Labute approximate surface area is 209 Å². The normalized spacial score (nSPS) is 21.0. The molecule has 0 radical (unpaired) electrons. The Morgan fingerprint density at radius 2 is 1.36 bits per heavy atom. The number of nitriles is 3. The van der Waals surface area contributed by atoms with Gasteiger partial charge in [0.05, 0.1) is 23.5 Å². The molecule has 1 aliphatic heterocycles. The predicted molar refractivity (Wildman–Crippen MR) is 139 cm³/mol. The zero-order valence-electron chi connectivity index (χ0n) is 20.4. The van der Waals surface area contributed by atoms with Crippen LogP contribution in [-0.4, -0.2) is 38.0 Å². The molecule has 0 aromatic rings. The van der Waals surface area contributed by atoms with Crippen molar-refractivity contribution in [1.29, 1.82) is 15.8 Å². The van der Waals surface area contributed by atoms with E-state index in [2.05, 4.69) is 18.2 Å². The van der Waals surface area contributed by atoms with Crippen LogP contribution in [0.25, 0.3) is 0 Å². The van der Waals surface area contributed by atoms with Gasteiger partial charge in [-0.3, -0.25) is 9.69 Å². The molecule has 0 aromatic heterocycles. The minimum Gasteiger partial charge on any atom is -0.313 e. The summed E-state index contributed by atoms with van der Waals surface area (Å²) in [6, 6.07) is 6.39. The van der Waals surface area contributed by atoms with Crippen LogP contribution in [0.15, 0.2) is 0 Å². The molecule has 2 saturated carbocycles. The number of hydrogen-bond acceptors (Lipinski definition) is 8.